The lowest BCUT2D eigenvalue weighted by Crippen LogP contribution is -2.06. The molecule has 0 spiro atoms. The second-order valence-corrected chi connectivity index (χ2v) is 4.39. The third kappa shape index (κ3) is 1.27. The van der Waals surface area contributed by atoms with Crippen LogP contribution in [0.4, 0.5) is 0 Å². The first kappa shape index (κ1) is 9.54. The first-order valence-corrected chi connectivity index (χ1v) is 5.61. The van der Waals surface area contributed by atoms with Gasteiger partial charge in [-0.2, -0.15) is 0 Å². The van der Waals surface area contributed by atoms with Crippen molar-refractivity contribution >= 4 is 37.6 Å². The van der Waals surface area contributed by atoms with E-state index in [0.717, 1.165) is 20.8 Å². The van der Waals surface area contributed by atoms with Crippen LogP contribution in [0.3, 0.4) is 0 Å². The second kappa shape index (κ2) is 3.42. The molecule has 0 saturated carbocycles. The molecule has 0 amide bonds. The normalized spacial score (nSPS) is 11.1. The smallest absolute Gasteiger partial charge is 0.258 e. The molecule has 0 aliphatic rings. The van der Waals surface area contributed by atoms with E-state index in [9.17, 15) is 4.79 Å². The van der Waals surface area contributed by atoms with Crippen molar-refractivity contribution in [3.05, 3.63) is 51.5 Å². The van der Waals surface area contributed by atoms with Gasteiger partial charge in [0.25, 0.3) is 5.56 Å². The van der Waals surface area contributed by atoms with E-state index in [2.05, 4.69) is 25.9 Å². The van der Waals surface area contributed by atoms with Crippen molar-refractivity contribution in [3.8, 4) is 0 Å². The first-order chi connectivity index (χ1) is 7.77. The van der Waals surface area contributed by atoms with Crippen LogP contribution in [0, 0.1) is 0 Å². The van der Waals surface area contributed by atoms with Crippen molar-refractivity contribution in [1.82, 2.24) is 9.97 Å². The molecule has 3 aromatic rings. The molecule has 2 aromatic carbocycles. The molecule has 1 N–H and O–H groups in total. The summed E-state index contributed by atoms with van der Waals surface area (Å²) in [5.74, 6) is 0. The van der Waals surface area contributed by atoms with Gasteiger partial charge in [-0.1, -0.05) is 40.2 Å². The fraction of sp³-hybridized carbons (Fsp3) is 0. The topological polar surface area (TPSA) is 45.8 Å². The highest BCUT2D eigenvalue weighted by Gasteiger charge is 2.07. The number of aromatic nitrogens is 2. The van der Waals surface area contributed by atoms with Crippen molar-refractivity contribution in [1.29, 1.82) is 0 Å². The van der Waals surface area contributed by atoms with Crippen LogP contribution in [0.2, 0.25) is 0 Å². The summed E-state index contributed by atoms with van der Waals surface area (Å²) < 4.78 is 0.911. The number of hydrogen-bond acceptors (Lipinski definition) is 2. The second-order valence-electron chi connectivity index (χ2n) is 3.53. The van der Waals surface area contributed by atoms with Crippen LogP contribution in [0.25, 0.3) is 21.7 Å². The number of rotatable bonds is 0. The lowest BCUT2D eigenvalue weighted by molar-refractivity contribution is 1.17. The number of nitrogens with zero attached hydrogens (tertiary/aromatic N) is 1. The largest absolute Gasteiger partial charge is 0.313 e. The van der Waals surface area contributed by atoms with E-state index in [0.29, 0.717) is 5.39 Å². The molecule has 0 unspecified atom stereocenters. The zero-order chi connectivity index (χ0) is 11.1. The zero-order valence-corrected chi connectivity index (χ0v) is 9.78. The predicted octanol–water partition coefficient (Wildman–Crippen LogP) is 2.84. The minimum atomic E-state index is -0.114. The van der Waals surface area contributed by atoms with Gasteiger partial charge in [-0.15, -0.1) is 0 Å². The molecule has 4 heteroatoms. The molecular formula is C12H7BrN2O. The standard InChI is InChI=1S/C12H7BrN2O/c13-10-5-9-11(14-6-15-12(9)16)8-4-2-1-3-7(8)10/h1-6H,(H,14,15,16). The van der Waals surface area contributed by atoms with Gasteiger partial charge in [-0.05, 0) is 11.5 Å². The number of aromatic amines is 1. The number of nitrogens with one attached hydrogen (secondary N) is 1. The van der Waals surface area contributed by atoms with Crippen LogP contribution >= 0.6 is 15.9 Å². The monoisotopic (exact) mass is 274 g/mol. The first-order valence-electron chi connectivity index (χ1n) is 4.82. The van der Waals surface area contributed by atoms with Gasteiger partial charge in [0.1, 0.15) is 0 Å². The molecule has 3 rings (SSSR count). The number of benzene rings is 2. The summed E-state index contributed by atoms with van der Waals surface area (Å²) in [6.45, 7) is 0. The zero-order valence-electron chi connectivity index (χ0n) is 8.20. The van der Waals surface area contributed by atoms with Gasteiger partial charge >= 0.3 is 0 Å². The molecule has 78 valence electrons. The van der Waals surface area contributed by atoms with Crippen LogP contribution in [0.1, 0.15) is 0 Å². The van der Waals surface area contributed by atoms with Crippen molar-refractivity contribution in [2.45, 2.75) is 0 Å². The van der Waals surface area contributed by atoms with E-state index < -0.39 is 0 Å². The van der Waals surface area contributed by atoms with Crippen molar-refractivity contribution in [2.75, 3.05) is 0 Å². The highest BCUT2D eigenvalue weighted by molar-refractivity contribution is 9.10. The van der Waals surface area contributed by atoms with Crippen molar-refractivity contribution < 1.29 is 0 Å². The summed E-state index contributed by atoms with van der Waals surface area (Å²) >= 11 is 3.47. The van der Waals surface area contributed by atoms with E-state index in [4.69, 9.17) is 0 Å². The van der Waals surface area contributed by atoms with E-state index in [1.54, 1.807) is 0 Å². The Labute approximate surface area is 99.3 Å². The van der Waals surface area contributed by atoms with Crippen molar-refractivity contribution in [2.24, 2.45) is 0 Å². The van der Waals surface area contributed by atoms with Crippen LogP contribution in [-0.2, 0) is 0 Å². The van der Waals surface area contributed by atoms with Crippen LogP contribution < -0.4 is 5.56 Å². The number of halogens is 1. The lowest BCUT2D eigenvalue weighted by atomic mass is 10.1. The Kier molecular flexibility index (Phi) is 2.04. The predicted molar refractivity (Wildman–Crippen MR) is 67.6 cm³/mol. The summed E-state index contributed by atoms with van der Waals surface area (Å²) in [5, 5.41) is 2.65. The fourth-order valence-electron chi connectivity index (χ4n) is 1.86. The molecule has 1 aromatic heterocycles. The van der Waals surface area contributed by atoms with Gasteiger partial charge in [0.15, 0.2) is 0 Å². The molecule has 0 atom stereocenters. The molecular weight excluding hydrogens is 268 g/mol. The maximum absolute atomic E-state index is 11.7. The molecule has 1 heterocycles. The van der Waals surface area contributed by atoms with E-state index in [1.807, 2.05) is 30.3 Å². The quantitative estimate of drug-likeness (QED) is 0.641. The summed E-state index contributed by atoms with van der Waals surface area (Å²) in [6.07, 6.45) is 1.44. The van der Waals surface area contributed by atoms with Gasteiger partial charge in [-0.3, -0.25) is 4.79 Å². The Morgan fingerprint density at radius 2 is 1.88 bits per heavy atom. The fourth-order valence-corrected chi connectivity index (χ4v) is 2.44. The van der Waals surface area contributed by atoms with Gasteiger partial charge in [0.2, 0.25) is 0 Å². The molecule has 3 nitrogen and oxygen atoms in total. The van der Waals surface area contributed by atoms with E-state index in [-0.39, 0.29) is 5.56 Å². The Bertz CT molecular complexity index is 749. The lowest BCUT2D eigenvalue weighted by Gasteiger charge is -2.03. The average Bonchev–Trinajstić information content (AvgIpc) is 2.31. The molecule has 0 bridgehead atoms. The minimum absolute atomic E-state index is 0.114. The molecule has 0 aliphatic carbocycles. The SMILES string of the molecule is O=c1[nH]cnc2c1cc(Br)c1ccccc12. The maximum atomic E-state index is 11.7. The van der Waals surface area contributed by atoms with Crippen LogP contribution in [0.5, 0.6) is 0 Å². The van der Waals surface area contributed by atoms with E-state index in [1.165, 1.54) is 6.33 Å². The summed E-state index contributed by atoms with van der Waals surface area (Å²) in [6, 6.07) is 9.68. The molecule has 0 fully saturated rings. The van der Waals surface area contributed by atoms with E-state index >= 15 is 0 Å². The molecule has 16 heavy (non-hydrogen) atoms. The molecule has 0 radical (unpaired) electrons. The molecule has 0 aliphatic heterocycles. The highest BCUT2D eigenvalue weighted by atomic mass is 79.9. The number of H-pyrrole nitrogens is 1. The Morgan fingerprint density at radius 1 is 1.12 bits per heavy atom. The van der Waals surface area contributed by atoms with Crippen molar-refractivity contribution in [3.63, 3.8) is 0 Å². The summed E-state index contributed by atoms with van der Waals surface area (Å²) in [4.78, 5) is 18.5. The Balaban J connectivity index is 2.70. The Morgan fingerprint density at radius 3 is 2.69 bits per heavy atom. The maximum Gasteiger partial charge on any atom is 0.258 e. The van der Waals surface area contributed by atoms with Gasteiger partial charge in [0.05, 0.1) is 17.2 Å². The van der Waals surface area contributed by atoms with Crippen LogP contribution in [0.15, 0.2) is 45.9 Å². The summed E-state index contributed by atoms with van der Waals surface area (Å²) in [5.41, 5.74) is 0.624. The number of fused-ring (bicyclic) bond motifs is 3. The Hall–Kier alpha value is -1.68. The van der Waals surface area contributed by atoms with Crippen LogP contribution in [-0.4, -0.2) is 9.97 Å². The molecule has 0 saturated heterocycles. The van der Waals surface area contributed by atoms with Gasteiger partial charge in [0, 0.05) is 9.86 Å². The third-order valence-electron chi connectivity index (χ3n) is 2.60. The van der Waals surface area contributed by atoms with Gasteiger partial charge in [-0.25, -0.2) is 4.98 Å². The highest BCUT2D eigenvalue weighted by Crippen LogP contribution is 2.28. The van der Waals surface area contributed by atoms with Gasteiger partial charge < -0.3 is 4.98 Å². The average molecular weight is 275 g/mol. The summed E-state index contributed by atoms with van der Waals surface area (Å²) in [7, 11) is 0. The third-order valence-corrected chi connectivity index (χ3v) is 3.26. The minimum Gasteiger partial charge on any atom is -0.313 e. The number of hydrogen-bond donors (Lipinski definition) is 1.